The van der Waals surface area contributed by atoms with Crippen LogP contribution in [0.15, 0.2) is 36.4 Å². The van der Waals surface area contributed by atoms with Crippen molar-refractivity contribution in [1.82, 2.24) is 4.90 Å². The Balaban J connectivity index is 2.15. The zero-order valence-corrected chi connectivity index (χ0v) is 17.5. The Morgan fingerprint density at radius 2 is 1.57 bits per heavy atom. The van der Waals surface area contributed by atoms with Crippen molar-refractivity contribution >= 4 is 11.6 Å². The van der Waals surface area contributed by atoms with Gasteiger partial charge in [-0.2, -0.15) is 0 Å². The summed E-state index contributed by atoms with van der Waals surface area (Å²) in [5.41, 5.74) is 2.34. The van der Waals surface area contributed by atoms with Crippen LogP contribution in [0.1, 0.15) is 36.7 Å². The summed E-state index contributed by atoms with van der Waals surface area (Å²) in [6, 6.07) is 11.6. The van der Waals surface area contributed by atoms with Gasteiger partial charge in [0.15, 0.2) is 11.5 Å². The van der Waals surface area contributed by atoms with Crippen LogP contribution < -0.4 is 19.5 Å². The van der Waals surface area contributed by atoms with Gasteiger partial charge in [-0.1, -0.05) is 19.1 Å². The Morgan fingerprint density at radius 3 is 2.00 bits per heavy atom. The molecule has 0 unspecified atom stereocenters. The lowest BCUT2D eigenvalue weighted by molar-refractivity contribution is 0.102. The molecule has 0 bridgehead atoms. The molecule has 2 aromatic carbocycles. The monoisotopic (exact) mass is 386 g/mol. The normalized spacial score (nSPS) is 10.9. The Kier molecular flexibility index (Phi) is 7.70. The molecule has 6 nitrogen and oxygen atoms in total. The van der Waals surface area contributed by atoms with Crippen LogP contribution in [0.5, 0.6) is 17.2 Å². The Morgan fingerprint density at radius 1 is 1.00 bits per heavy atom. The maximum absolute atomic E-state index is 12.6. The number of hydrogen-bond acceptors (Lipinski definition) is 5. The zero-order chi connectivity index (χ0) is 20.7. The maximum atomic E-state index is 12.6. The first-order chi connectivity index (χ1) is 13.4. The van der Waals surface area contributed by atoms with E-state index in [1.54, 1.807) is 33.5 Å². The van der Waals surface area contributed by atoms with Crippen LogP contribution in [0.25, 0.3) is 0 Å². The molecule has 1 N–H and O–H groups in total. The van der Waals surface area contributed by atoms with Crippen LogP contribution in [-0.2, 0) is 6.54 Å². The quantitative estimate of drug-likeness (QED) is 0.700. The molecule has 28 heavy (non-hydrogen) atoms. The predicted octanol–water partition coefficient (Wildman–Crippen LogP) is 4.20. The van der Waals surface area contributed by atoms with Crippen molar-refractivity contribution in [3.05, 3.63) is 47.5 Å². The molecule has 0 radical (unpaired) electrons. The number of benzene rings is 2. The average Bonchev–Trinajstić information content (AvgIpc) is 2.71. The number of amides is 1. The molecule has 0 fully saturated rings. The van der Waals surface area contributed by atoms with Crippen LogP contribution in [-0.4, -0.2) is 44.7 Å². The smallest absolute Gasteiger partial charge is 0.255 e. The molecule has 6 heteroatoms. The van der Waals surface area contributed by atoms with Crippen molar-refractivity contribution in [3.63, 3.8) is 0 Å². The number of hydrogen-bond donors (Lipinski definition) is 1. The molecule has 2 rings (SSSR count). The third kappa shape index (κ3) is 5.16. The third-order valence-electron chi connectivity index (χ3n) is 4.66. The summed E-state index contributed by atoms with van der Waals surface area (Å²) in [4.78, 5) is 15.0. The molecule has 0 heterocycles. The number of methoxy groups -OCH3 is 3. The molecule has 2 aromatic rings. The van der Waals surface area contributed by atoms with Crippen molar-refractivity contribution < 1.29 is 19.0 Å². The van der Waals surface area contributed by atoms with Crippen molar-refractivity contribution in [2.45, 2.75) is 33.4 Å². The molecule has 1 amide bonds. The van der Waals surface area contributed by atoms with Gasteiger partial charge in [-0.05, 0) is 38.1 Å². The Bertz CT molecular complexity index is 763. The number of nitrogens with one attached hydrogen (secondary N) is 1. The van der Waals surface area contributed by atoms with Gasteiger partial charge >= 0.3 is 0 Å². The van der Waals surface area contributed by atoms with Gasteiger partial charge in [-0.25, -0.2) is 0 Å². The Labute approximate surface area is 167 Å². The first-order valence-corrected chi connectivity index (χ1v) is 9.37. The van der Waals surface area contributed by atoms with Gasteiger partial charge in [-0.3, -0.25) is 9.69 Å². The fourth-order valence-corrected chi connectivity index (χ4v) is 3.01. The molecule has 0 spiro atoms. The van der Waals surface area contributed by atoms with E-state index in [4.69, 9.17) is 14.2 Å². The maximum Gasteiger partial charge on any atom is 0.255 e. The van der Waals surface area contributed by atoms with Crippen molar-refractivity contribution in [1.29, 1.82) is 0 Å². The van der Waals surface area contributed by atoms with E-state index in [0.29, 0.717) is 34.5 Å². The fourth-order valence-electron chi connectivity index (χ4n) is 3.01. The summed E-state index contributed by atoms with van der Waals surface area (Å²) in [6.07, 6.45) is 0. The van der Waals surface area contributed by atoms with E-state index >= 15 is 0 Å². The second-order valence-corrected chi connectivity index (χ2v) is 6.72. The van der Waals surface area contributed by atoms with Crippen LogP contribution in [0, 0.1) is 0 Å². The molecular formula is C22H30N2O4. The van der Waals surface area contributed by atoms with E-state index in [0.717, 1.165) is 13.1 Å². The van der Waals surface area contributed by atoms with E-state index in [1.807, 2.05) is 24.3 Å². The summed E-state index contributed by atoms with van der Waals surface area (Å²) < 4.78 is 16.0. The topological polar surface area (TPSA) is 60.0 Å². The molecule has 0 aliphatic rings. The number of ether oxygens (including phenoxy) is 3. The minimum absolute atomic E-state index is 0.197. The molecule has 0 atom stereocenters. The lowest BCUT2D eigenvalue weighted by atomic mass is 10.1. The van der Waals surface area contributed by atoms with Crippen molar-refractivity contribution in [2.24, 2.45) is 0 Å². The number of carbonyl (C=O) groups excluding carboxylic acids is 1. The first kappa shape index (κ1) is 21.6. The van der Waals surface area contributed by atoms with E-state index < -0.39 is 0 Å². The van der Waals surface area contributed by atoms with Crippen LogP contribution in [0.3, 0.4) is 0 Å². The van der Waals surface area contributed by atoms with Gasteiger partial charge in [0.25, 0.3) is 5.91 Å². The molecule has 152 valence electrons. The fraction of sp³-hybridized carbons (Fsp3) is 0.409. The van der Waals surface area contributed by atoms with Gasteiger partial charge in [0, 0.05) is 36.0 Å². The summed E-state index contributed by atoms with van der Waals surface area (Å²) in [7, 11) is 4.62. The molecule has 0 saturated heterocycles. The highest BCUT2D eigenvalue weighted by Gasteiger charge is 2.15. The molecule has 0 aliphatic carbocycles. The number of nitrogens with zero attached hydrogens (tertiary/aromatic N) is 1. The summed E-state index contributed by atoms with van der Waals surface area (Å²) in [6.45, 7) is 8.37. The van der Waals surface area contributed by atoms with Crippen LogP contribution in [0.2, 0.25) is 0 Å². The van der Waals surface area contributed by atoms with Crippen LogP contribution >= 0.6 is 0 Å². The highest BCUT2D eigenvalue weighted by atomic mass is 16.5. The number of rotatable bonds is 9. The van der Waals surface area contributed by atoms with E-state index in [2.05, 4.69) is 31.0 Å². The lowest BCUT2D eigenvalue weighted by Gasteiger charge is -2.24. The SMILES string of the molecule is CCN(Cc1ccc(C(=O)Nc2cc(OC)c(OC)c(OC)c2)cc1)C(C)C. The second kappa shape index (κ2) is 9.99. The minimum Gasteiger partial charge on any atom is -0.493 e. The Hall–Kier alpha value is -2.73. The lowest BCUT2D eigenvalue weighted by Crippen LogP contribution is -2.29. The summed E-state index contributed by atoms with van der Waals surface area (Å²) >= 11 is 0. The standard InChI is InChI=1S/C22H30N2O4/c1-7-24(15(2)3)14-16-8-10-17(11-9-16)22(25)23-18-12-19(26-4)21(28-6)20(13-18)27-5/h8-13,15H,7,14H2,1-6H3,(H,23,25). The van der Waals surface area contributed by atoms with Crippen LogP contribution in [0.4, 0.5) is 5.69 Å². The molecule has 0 aromatic heterocycles. The van der Waals surface area contributed by atoms with E-state index in [1.165, 1.54) is 5.56 Å². The molecular weight excluding hydrogens is 356 g/mol. The van der Waals surface area contributed by atoms with Gasteiger partial charge in [0.05, 0.1) is 21.3 Å². The van der Waals surface area contributed by atoms with Crippen molar-refractivity contribution in [2.75, 3.05) is 33.2 Å². The number of anilines is 1. The summed E-state index contributed by atoms with van der Waals surface area (Å²) in [5, 5.41) is 2.88. The molecule has 0 saturated carbocycles. The molecule has 0 aliphatic heterocycles. The predicted molar refractivity (Wildman–Crippen MR) is 112 cm³/mol. The van der Waals surface area contributed by atoms with Gasteiger partial charge < -0.3 is 19.5 Å². The second-order valence-electron chi connectivity index (χ2n) is 6.72. The first-order valence-electron chi connectivity index (χ1n) is 9.37. The highest BCUT2D eigenvalue weighted by molar-refractivity contribution is 6.04. The van der Waals surface area contributed by atoms with E-state index in [9.17, 15) is 4.79 Å². The van der Waals surface area contributed by atoms with Gasteiger partial charge in [0.1, 0.15) is 0 Å². The third-order valence-corrected chi connectivity index (χ3v) is 4.66. The summed E-state index contributed by atoms with van der Waals surface area (Å²) in [5.74, 6) is 1.26. The average molecular weight is 386 g/mol. The zero-order valence-electron chi connectivity index (χ0n) is 17.5. The van der Waals surface area contributed by atoms with E-state index in [-0.39, 0.29) is 5.91 Å². The van der Waals surface area contributed by atoms with Crippen molar-refractivity contribution in [3.8, 4) is 17.2 Å². The minimum atomic E-state index is -0.197. The van der Waals surface area contributed by atoms with Gasteiger partial charge in [0.2, 0.25) is 5.75 Å². The van der Waals surface area contributed by atoms with Gasteiger partial charge in [-0.15, -0.1) is 0 Å². The largest absolute Gasteiger partial charge is 0.493 e. The highest BCUT2D eigenvalue weighted by Crippen LogP contribution is 2.40. The number of carbonyl (C=O) groups is 1.